The van der Waals surface area contributed by atoms with E-state index in [9.17, 15) is 4.79 Å². The molecule has 0 bridgehead atoms. The fourth-order valence-corrected chi connectivity index (χ4v) is 0.990. The van der Waals surface area contributed by atoms with Crippen LogP contribution in [-0.4, -0.2) is 13.1 Å². The summed E-state index contributed by atoms with van der Waals surface area (Å²) in [5.41, 5.74) is -1.27. The van der Waals surface area contributed by atoms with Crippen LogP contribution in [0.5, 0.6) is 0 Å². The number of carbonyl (C=O) groups is 1. The van der Waals surface area contributed by atoms with Gasteiger partial charge in [-0.1, -0.05) is 30.9 Å². The van der Waals surface area contributed by atoms with Gasteiger partial charge < -0.3 is 4.74 Å². The number of ether oxygens (including phenoxy) is 1. The van der Waals surface area contributed by atoms with Crippen LogP contribution in [0.25, 0.3) is 0 Å². The molecule has 0 heterocycles. The number of allylic oxidation sites excluding steroid dienone is 3. The van der Waals surface area contributed by atoms with Crippen LogP contribution < -0.4 is 0 Å². The lowest BCUT2D eigenvalue weighted by Crippen LogP contribution is -2.28. The Kier molecular flexibility index (Phi) is 5.01. The Morgan fingerprint density at radius 1 is 1.64 bits per heavy atom. The molecule has 0 saturated carbocycles. The number of methoxy groups -OCH3 is 1. The van der Waals surface area contributed by atoms with Crippen molar-refractivity contribution in [3.8, 4) is 6.07 Å². The average molecular weight is 191 g/mol. The highest BCUT2D eigenvalue weighted by Crippen LogP contribution is 2.25. The lowest BCUT2D eigenvalue weighted by Gasteiger charge is -2.17. The lowest BCUT2D eigenvalue weighted by atomic mass is 9.85. The second-order valence-electron chi connectivity index (χ2n) is 2.66. The van der Waals surface area contributed by atoms with E-state index < -0.39 is 11.4 Å². The smallest absolute Gasteiger partial charge is 0.330 e. The third-order valence-corrected chi connectivity index (χ3v) is 1.73. The fourth-order valence-electron chi connectivity index (χ4n) is 0.990. The molecule has 0 radical (unpaired) electrons. The topological polar surface area (TPSA) is 50.1 Å². The largest absolute Gasteiger partial charge is 0.468 e. The molecule has 0 aromatic carbocycles. The summed E-state index contributed by atoms with van der Waals surface area (Å²) in [5.74, 6) is -0.585. The predicted octanol–water partition coefficient (Wildman–Crippen LogP) is 1.99. The molecule has 0 spiro atoms. The minimum absolute atomic E-state index is 0.223. The third kappa shape index (κ3) is 2.60. The summed E-state index contributed by atoms with van der Waals surface area (Å²) in [6, 6.07) is 1.92. The molecule has 0 aromatic rings. The lowest BCUT2D eigenvalue weighted by molar-refractivity contribution is -0.146. The van der Waals surface area contributed by atoms with Crippen LogP contribution in [0.3, 0.4) is 0 Å². The van der Waals surface area contributed by atoms with Gasteiger partial charge in [0.2, 0.25) is 0 Å². The summed E-state index contributed by atoms with van der Waals surface area (Å²) >= 11 is 0. The third-order valence-electron chi connectivity index (χ3n) is 1.73. The standard InChI is InChI=1S/C11H13NO2/c1-4-6-8-11(9-12,7-5-2)10(13)14-3/h4-6,8H,1-2,7H2,3H3/b8-6+/t11-/m1/s1. The monoisotopic (exact) mass is 191 g/mol. The van der Waals surface area contributed by atoms with E-state index in [1.165, 1.54) is 25.3 Å². The zero-order valence-electron chi connectivity index (χ0n) is 8.19. The van der Waals surface area contributed by atoms with Crippen molar-refractivity contribution in [3.63, 3.8) is 0 Å². The zero-order valence-corrected chi connectivity index (χ0v) is 8.19. The maximum Gasteiger partial charge on any atom is 0.330 e. The first-order valence-corrected chi connectivity index (χ1v) is 4.07. The molecule has 0 saturated heterocycles. The minimum atomic E-state index is -1.27. The van der Waals surface area contributed by atoms with E-state index in [2.05, 4.69) is 17.9 Å². The van der Waals surface area contributed by atoms with E-state index in [1.807, 2.05) is 6.07 Å². The molecule has 0 rings (SSSR count). The molecule has 0 N–H and O–H groups in total. The van der Waals surface area contributed by atoms with E-state index in [4.69, 9.17) is 5.26 Å². The molecule has 0 aliphatic heterocycles. The Hall–Kier alpha value is -1.82. The summed E-state index contributed by atoms with van der Waals surface area (Å²) in [6.45, 7) is 6.97. The number of rotatable bonds is 5. The van der Waals surface area contributed by atoms with Crippen LogP contribution in [0.15, 0.2) is 37.5 Å². The second-order valence-corrected chi connectivity index (χ2v) is 2.66. The molecule has 0 amide bonds. The van der Waals surface area contributed by atoms with Crippen molar-refractivity contribution >= 4 is 5.97 Å². The summed E-state index contributed by atoms with van der Waals surface area (Å²) in [7, 11) is 1.25. The first-order valence-electron chi connectivity index (χ1n) is 4.07. The van der Waals surface area contributed by atoms with Crippen molar-refractivity contribution in [1.29, 1.82) is 5.26 Å². The second kappa shape index (κ2) is 5.76. The summed E-state index contributed by atoms with van der Waals surface area (Å²) in [5, 5.41) is 8.95. The van der Waals surface area contributed by atoms with Gasteiger partial charge in [0.1, 0.15) is 0 Å². The first-order chi connectivity index (χ1) is 6.66. The maximum atomic E-state index is 11.4. The summed E-state index contributed by atoms with van der Waals surface area (Å²) in [6.07, 6.45) is 6.24. The van der Waals surface area contributed by atoms with E-state index in [0.29, 0.717) is 0 Å². The van der Waals surface area contributed by atoms with Gasteiger partial charge in [-0.15, -0.1) is 6.58 Å². The van der Waals surface area contributed by atoms with E-state index in [-0.39, 0.29) is 6.42 Å². The number of esters is 1. The molecule has 0 aromatic heterocycles. The van der Waals surface area contributed by atoms with Gasteiger partial charge in [-0.2, -0.15) is 5.26 Å². The highest BCUT2D eigenvalue weighted by molar-refractivity contribution is 5.82. The molecule has 0 aliphatic carbocycles. The quantitative estimate of drug-likeness (QED) is 0.379. The predicted molar refractivity (Wildman–Crippen MR) is 54.2 cm³/mol. The Morgan fingerprint density at radius 3 is 2.64 bits per heavy atom. The normalized spacial score (nSPS) is 14.0. The van der Waals surface area contributed by atoms with Crippen LogP contribution in [0.4, 0.5) is 0 Å². The highest BCUT2D eigenvalue weighted by atomic mass is 16.5. The van der Waals surface area contributed by atoms with Gasteiger partial charge in [0, 0.05) is 0 Å². The average Bonchev–Trinajstić information content (AvgIpc) is 2.23. The SMILES string of the molecule is C=C/C=C/[C@@](C#N)(CC=C)C(=O)OC. The Morgan fingerprint density at radius 2 is 2.29 bits per heavy atom. The number of hydrogen-bond acceptors (Lipinski definition) is 3. The molecule has 3 heteroatoms. The van der Waals surface area contributed by atoms with Crippen LogP contribution >= 0.6 is 0 Å². The van der Waals surface area contributed by atoms with Crippen molar-refractivity contribution in [2.24, 2.45) is 5.41 Å². The molecular weight excluding hydrogens is 178 g/mol. The fraction of sp³-hybridized carbons (Fsp3) is 0.273. The van der Waals surface area contributed by atoms with E-state index in [0.717, 1.165) is 0 Å². The van der Waals surface area contributed by atoms with Crippen molar-refractivity contribution in [1.82, 2.24) is 0 Å². The Bertz CT molecular complexity index is 299. The van der Waals surface area contributed by atoms with Gasteiger partial charge in [-0.3, -0.25) is 0 Å². The highest BCUT2D eigenvalue weighted by Gasteiger charge is 2.35. The minimum Gasteiger partial charge on any atom is -0.468 e. The summed E-state index contributed by atoms with van der Waals surface area (Å²) < 4.78 is 4.56. The van der Waals surface area contributed by atoms with Crippen molar-refractivity contribution in [2.45, 2.75) is 6.42 Å². The van der Waals surface area contributed by atoms with Crippen LogP contribution in [0.2, 0.25) is 0 Å². The maximum absolute atomic E-state index is 11.4. The van der Waals surface area contributed by atoms with Gasteiger partial charge >= 0.3 is 5.97 Å². The van der Waals surface area contributed by atoms with E-state index >= 15 is 0 Å². The molecule has 0 unspecified atom stereocenters. The Balaban J connectivity index is 5.08. The van der Waals surface area contributed by atoms with Crippen molar-refractivity contribution < 1.29 is 9.53 Å². The molecule has 1 atom stereocenters. The zero-order chi connectivity index (χ0) is 11.0. The van der Waals surface area contributed by atoms with Crippen LogP contribution in [0.1, 0.15) is 6.42 Å². The van der Waals surface area contributed by atoms with Gasteiger partial charge in [-0.25, -0.2) is 4.79 Å². The number of nitriles is 1. The number of hydrogen-bond donors (Lipinski definition) is 0. The first kappa shape index (κ1) is 12.2. The molecular formula is C11H13NO2. The molecule has 14 heavy (non-hydrogen) atoms. The van der Waals surface area contributed by atoms with Gasteiger partial charge in [-0.05, 0) is 6.42 Å². The molecule has 3 nitrogen and oxygen atoms in total. The van der Waals surface area contributed by atoms with Crippen molar-refractivity contribution in [2.75, 3.05) is 7.11 Å². The number of carbonyl (C=O) groups excluding carboxylic acids is 1. The molecule has 74 valence electrons. The van der Waals surface area contributed by atoms with Crippen LogP contribution in [-0.2, 0) is 9.53 Å². The molecule has 0 aliphatic rings. The van der Waals surface area contributed by atoms with Crippen LogP contribution in [0, 0.1) is 16.7 Å². The van der Waals surface area contributed by atoms with Crippen molar-refractivity contribution in [3.05, 3.63) is 37.5 Å². The van der Waals surface area contributed by atoms with Gasteiger partial charge in [0.25, 0.3) is 0 Å². The molecule has 0 fully saturated rings. The Labute approximate surface area is 84.0 Å². The van der Waals surface area contributed by atoms with Gasteiger partial charge in [0.05, 0.1) is 13.2 Å². The van der Waals surface area contributed by atoms with Gasteiger partial charge in [0.15, 0.2) is 5.41 Å². The van der Waals surface area contributed by atoms with E-state index in [1.54, 1.807) is 6.08 Å². The summed E-state index contributed by atoms with van der Waals surface area (Å²) in [4.78, 5) is 11.4. The number of nitrogens with zero attached hydrogens (tertiary/aromatic N) is 1.